The van der Waals surface area contributed by atoms with Gasteiger partial charge < -0.3 is 18.9 Å². The molecule has 4 rings (SSSR count). The number of nitriles is 1. The molecule has 0 bridgehead atoms. The van der Waals surface area contributed by atoms with Crippen molar-refractivity contribution in [1.82, 2.24) is 19.9 Å². The summed E-state index contributed by atoms with van der Waals surface area (Å²) in [5.41, 5.74) is 1.43. The average Bonchev–Trinajstić information content (AvgIpc) is 3.41. The summed E-state index contributed by atoms with van der Waals surface area (Å²) in [6.07, 6.45) is 1.01. The lowest BCUT2D eigenvalue weighted by molar-refractivity contribution is -0.133. The Balaban J connectivity index is 1.21. The van der Waals surface area contributed by atoms with E-state index in [2.05, 4.69) is 28.0 Å². The molecule has 3 aromatic rings. The molecule has 1 aliphatic heterocycles. The van der Waals surface area contributed by atoms with Crippen LogP contribution < -0.4 is 9.47 Å². The van der Waals surface area contributed by atoms with E-state index in [1.165, 1.54) is 7.11 Å². The number of amides is 1. The lowest BCUT2D eigenvalue weighted by Gasteiger charge is -2.36. The number of hydrogen-bond donors (Lipinski definition) is 0. The van der Waals surface area contributed by atoms with Crippen molar-refractivity contribution in [1.29, 1.82) is 5.26 Å². The van der Waals surface area contributed by atoms with Crippen molar-refractivity contribution in [2.75, 3.05) is 39.9 Å². The van der Waals surface area contributed by atoms with Crippen LogP contribution in [0.2, 0.25) is 0 Å². The van der Waals surface area contributed by atoms with Gasteiger partial charge in [0, 0.05) is 44.2 Å². The second-order valence-corrected chi connectivity index (χ2v) is 8.34. The van der Waals surface area contributed by atoms with Crippen molar-refractivity contribution in [2.45, 2.75) is 25.8 Å². The van der Waals surface area contributed by atoms with Gasteiger partial charge in [-0.05, 0) is 25.5 Å². The minimum absolute atomic E-state index is 0.0204. The number of carbonyl (C=O) groups is 1. The Morgan fingerprint density at radius 1 is 1.14 bits per heavy atom. The lowest BCUT2D eigenvalue weighted by Crippen LogP contribution is -2.49. The van der Waals surface area contributed by atoms with Gasteiger partial charge in [0.25, 0.3) is 0 Å². The van der Waals surface area contributed by atoms with Crippen molar-refractivity contribution < 1.29 is 18.8 Å². The largest absolute Gasteiger partial charge is 0.493 e. The second kappa shape index (κ2) is 11.5. The van der Waals surface area contributed by atoms with E-state index in [1.807, 2.05) is 35.2 Å². The van der Waals surface area contributed by atoms with Gasteiger partial charge in [-0.2, -0.15) is 10.2 Å². The van der Waals surface area contributed by atoms with Crippen molar-refractivity contribution in [3.8, 4) is 29.0 Å². The van der Waals surface area contributed by atoms with Gasteiger partial charge in [-0.25, -0.2) is 0 Å². The van der Waals surface area contributed by atoms with Crippen LogP contribution in [-0.2, 0) is 4.79 Å². The minimum atomic E-state index is -0.0204. The van der Waals surface area contributed by atoms with Crippen LogP contribution in [0, 0.1) is 11.3 Å². The van der Waals surface area contributed by atoms with Gasteiger partial charge in [-0.1, -0.05) is 35.5 Å². The molecule has 35 heavy (non-hydrogen) atoms. The summed E-state index contributed by atoms with van der Waals surface area (Å²) in [5, 5.41) is 13.1. The van der Waals surface area contributed by atoms with Crippen molar-refractivity contribution >= 4 is 5.91 Å². The second-order valence-electron chi connectivity index (χ2n) is 8.34. The first-order valence-electron chi connectivity index (χ1n) is 11.7. The standard InChI is InChI=1S/C26H29N5O4/c1-19(26-28-25(29-35-26)21-7-4-3-5-8-21)30-12-14-31(15-13-30)24(32)9-6-16-34-22-11-10-20(18-27)17-23(22)33-2/h3-5,7-8,10-11,17,19H,6,9,12-16H2,1-2H3. The van der Waals surface area contributed by atoms with Crippen LogP contribution in [0.1, 0.15) is 37.3 Å². The average molecular weight is 476 g/mol. The number of piperazine rings is 1. The maximum atomic E-state index is 12.7. The fourth-order valence-corrected chi connectivity index (χ4v) is 4.04. The summed E-state index contributed by atoms with van der Waals surface area (Å²) >= 11 is 0. The van der Waals surface area contributed by atoms with Crippen LogP contribution in [-0.4, -0.2) is 65.7 Å². The number of aromatic nitrogens is 2. The Morgan fingerprint density at radius 3 is 2.63 bits per heavy atom. The molecule has 182 valence electrons. The Morgan fingerprint density at radius 2 is 1.91 bits per heavy atom. The smallest absolute Gasteiger partial charge is 0.244 e. The summed E-state index contributed by atoms with van der Waals surface area (Å²) < 4.78 is 16.6. The molecule has 2 aromatic carbocycles. The predicted octanol–water partition coefficient (Wildman–Crippen LogP) is 3.68. The Hall–Kier alpha value is -3.90. The molecule has 9 heteroatoms. The molecule has 1 fully saturated rings. The van der Waals surface area contributed by atoms with Crippen molar-refractivity contribution in [2.24, 2.45) is 0 Å². The number of methoxy groups -OCH3 is 1. The van der Waals surface area contributed by atoms with Crippen LogP contribution in [0.3, 0.4) is 0 Å². The first-order valence-corrected chi connectivity index (χ1v) is 11.7. The number of rotatable bonds is 9. The van der Waals surface area contributed by atoms with Gasteiger partial charge >= 0.3 is 0 Å². The molecule has 0 spiro atoms. The molecule has 1 atom stereocenters. The highest BCUT2D eigenvalue weighted by Crippen LogP contribution is 2.28. The molecule has 0 saturated carbocycles. The zero-order chi connectivity index (χ0) is 24.6. The monoisotopic (exact) mass is 475 g/mol. The number of ether oxygens (including phenoxy) is 2. The highest BCUT2D eigenvalue weighted by Gasteiger charge is 2.27. The van der Waals surface area contributed by atoms with Gasteiger partial charge in [-0.3, -0.25) is 9.69 Å². The highest BCUT2D eigenvalue weighted by atomic mass is 16.5. The zero-order valence-corrected chi connectivity index (χ0v) is 20.0. The molecule has 1 saturated heterocycles. The van der Waals surface area contributed by atoms with E-state index in [0.717, 1.165) is 18.7 Å². The summed E-state index contributed by atoms with van der Waals surface area (Å²) in [6, 6.07) is 16.8. The van der Waals surface area contributed by atoms with Gasteiger partial charge in [-0.15, -0.1) is 0 Å². The van der Waals surface area contributed by atoms with Crippen molar-refractivity contribution in [3.05, 3.63) is 60.0 Å². The van der Waals surface area contributed by atoms with Crippen LogP contribution in [0.25, 0.3) is 11.4 Å². The third-order valence-electron chi connectivity index (χ3n) is 6.13. The normalized spacial score (nSPS) is 14.8. The predicted molar refractivity (Wildman–Crippen MR) is 129 cm³/mol. The van der Waals surface area contributed by atoms with Crippen LogP contribution in [0.5, 0.6) is 11.5 Å². The molecule has 0 radical (unpaired) electrons. The van der Waals surface area contributed by atoms with Gasteiger partial charge in [0.05, 0.1) is 31.4 Å². The third kappa shape index (κ3) is 5.97. The van der Waals surface area contributed by atoms with E-state index in [-0.39, 0.29) is 11.9 Å². The van der Waals surface area contributed by atoms with E-state index < -0.39 is 0 Å². The highest BCUT2D eigenvalue weighted by molar-refractivity contribution is 5.76. The van der Waals surface area contributed by atoms with E-state index in [9.17, 15) is 4.79 Å². The number of benzene rings is 2. The topological polar surface area (TPSA) is 105 Å². The van der Waals surface area contributed by atoms with Gasteiger partial charge in [0.1, 0.15) is 0 Å². The van der Waals surface area contributed by atoms with Crippen molar-refractivity contribution in [3.63, 3.8) is 0 Å². The lowest BCUT2D eigenvalue weighted by atomic mass is 10.2. The maximum absolute atomic E-state index is 12.7. The summed E-state index contributed by atoms with van der Waals surface area (Å²) in [5.74, 6) is 2.37. The summed E-state index contributed by atoms with van der Waals surface area (Å²) in [6.45, 7) is 5.25. The minimum Gasteiger partial charge on any atom is -0.493 e. The van der Waals surface area contributed by atoms with Crippen LogP contribution in [0.15, 0.2) is 53.1 Å². The van der Waals surface area contributed by atoms with E-state index in [4.69, 9.17) is 19.3 Å². The summed E-state index contributed by atoms with van der Waals surface area (Å²) in [7, 11) is 1.54. The first-order chi connectivity index (χ1) is 17.1. The fourth-order valence-electron chi connectivity index (χ4n) is 4.04. The molecule has 9 nitrogen and oxygen atoms in total. The number of nitrogens with zero attached hydrogens (tertiary/aromatic N) is 5. The molecule has 0 aliphatic carbocycles. The fraction of sp³-hybridized carbons (Fsp3) is 0.385. The molecule has 1 aromatic heterocycles. The molecule has 2 heterocycles. The first kappa shape index (κ1) is 24.2. The van der Waals surface area contributed by atoms with E-state index >= 15 is 0 Å². The summed E-state index contributed by atoms with van der Waals surface area (Å²) in [4.78, 5) is 21.4. The Labute approximate surface area is 204 Å². The molecule has 1 unspecified atom stereocenters. The molecule has 0 N–H and O–H groups in total. The SMILES string of the molecule is COc1cc(C#N)ccc1OCCCC(=O)N1CCN(C(C)c2nc(-c3ccccc3)no2)CC1. The quantitative estimate of drug-likeness (QED) is 0.432. The van der Waals surface area contributed by atoms with Gasteiger partial charge in [0.2, 0.25) is 17.6 Å². The maximum Gasteiger partial charge on any atom is 0.244 e. The molecule has 1 aliphatic rings. The Kier molecular flexibility index (Phi) is 7.95. The molecular formula is C26H29N5O4. The van der Waals surface area contributed by atoms with E-state index in [1.54, 1.807) is 18.2 Å². The van der Waals surface area contributed by atoms with Crippen LogP contribution in [0.4, 0.5) is 0 Å². The number of carbonyl (C=O) groups excluding carboxylic acids is 1. The van der Waals surface area contributed by atoms with Gasteiger partial charge in [0.15, 0.2) is 11.5 Å². The third-order valence-corrected chi connectivity index (χ3v) is 6.13. The van der Waals surface area contributed by atoms with Crippen LogP contribution >= 0.6 is 0 Å². The van der Waals surface area contributed by atoms with E-state index in [0.29, 0.717) is 61.3 Å². The Bertz CT molecular complexity index is 1170. The molecular weight excluding hydrogens is 446 g/mol. The number of hydrogen-bond acceptors (Lipinski definition) is 8. The molecule has 1 amide bonds. The zero-order valence-electron chi connectivity index (χ0n) is 20.0.